The molecule has 0 aromatic rings. The monoisotopic (exact) mass is 118 g/mol. The van der Waals surface area contributed by atoms with Crippen molar-refractivity contribution in [2.45, 2.75) is 25.5 Å². The van der Waals surface area contributed by atoms with E-state index in [-0.39, 0.29) is 0 Å². The normalized spacial score (nSPS) is 16.7. The fourth-order valence-corrected chi connectivity index (χ4v) is 0. The van der Waals surface area contributed by atoms with E-state index >= 15 is 0 Å². The van der Waals surface area contributed by atoms with Crippen LogP contribution in [0.2, 0.25) is 19.6 Å². The van der Waals surface area contributed by atoms with Gasteiger partial charge in [-0.25, -0.2) is 5.11 Å². The average Bonchev–Trinajstić information content (AvgIpc) is 1.31. The molecule has 0 aliphatic carbocycles. The molecule has 0 aromatic carbocycles. The Kier molecular flexibility index (Phi) is 1.98. The maximum absolute atomic E-state index is 10.4. The zero-order valence-corrected chi connectivity index (χ0v) is 6.06. The van der Waals surface area contributed by atoms with Gasteiger partial charge in [0.25, 0.3) is 0 Å². The van der Waals surface area contributed by atoms with E-state index in [2.05, 4.69) is 0 Å². The molecule has 1 radical (unpaired) electrons. The number of nitrogens with two attached hydrogens (primary N) is 1. The number of hydrogen-bond acceptors (Lipinski definition) is 1. The van der Waals surface area contributed by atoms with Crippen molar-refractivity contribution in [1.82, 2.24) is 0 Å². The van der Waals surface area contributed by atoms with Gasteiger partial charge in [-0.2, -0.15) is 0 Å². The first kappa shape index (κ1) is 7.14. The van der Waals surface area contributed by atoms with Crippen molar-refractivity contribution in [3.05, 3.63) is 0 Å². The Morgan fingerprint density at radius 2 is 1.57 bits per heavy atom. The largest absolute Gasteiger partial charge is 0.307 e. The minimum Gasteiger partial charge on any atom is -0.307 e. The Bertz CT molecular complexity index is 57.2. The van der Waals surface area contributed by atoms with E-state index in [1.807, 2.05) is 19.6 Å². The standard InChI is InChI=1S/C4H12NOSi/c1-7(2,3)4(5)6/h4H,5H2,1-3H3. The quantitative estimate of drug-likeness (QED) is 0.397. The first-order chi connectivity index (χ1) is 2.94. The van der Waals surface area contributed by atoms with Gasteiger partial charge in [-0.1, -0.05) is 19.6 Å². The molecule has 1 atom stereocenters. The smallest absolute Gasteiger partial charge is 0.127 e. The van der Waals surface area contributed by atoms with Crippen LogP contribution in [-0.2, 0) is 5.11 Å². The van der Waals surface area contributed by atoms with Crippen molar-refractivity contribution in [2.75, 3.05) is 0 Å². The van der Waals surface area contributed by atoms with E-state index < -0.39 is 13.9 Å². The Hall–Kier alpha value is 0.137. The van der Waals surface area contributed by atoms with E-state index in [1.165, 1.54) is 0 Å². The third-order valence-corrected chi connectivity index (χ3v) is 2.56. The van der Waals surface area contributed by atoms with Crippen LogP contribution in [0.3, 0.4) is 0 Å². The topological polar surface area (TPSA) is 45.9 Å². The van der Waals surface area contributed by atoms with E-state index in [1.54, 1.807) is 0 Å². The fraction of sp³-hybridized carbons (Fsp3) is 1.00. The summed E-state index contributed by atoms with van der Waals surface area (Å²) < 4.78 is 0. The molecule has 1 unspecified atom stereocenters. The summed E-state index contributed by atoms with van der Waals surface area (Å²) >= 11 is 0. The second kappa shape index (κ2) is 1.94. The molecular formula is C4H12NOSi. The molecule has 0 spiro atoms. The summed E-state index contributed by atoms with van der Waals surface area (Å²) in [6.07, 6.45) is 0. The zero-order valence-electron chi connectivity index (χ0n) is 5.06. The predicted octanol–water partition coefficient (Wildman–Crippen LogP) is 0.579. The van der Waals surface area contributed by atoms with Crippen LogP contribution in [0.1, 0.15) is 0 Å². The number of hydrogen-bond donors (Lipinski definition) is 1. The SMILES string of the molecule is C[Si](C)(C)C(N)[O]. The molecule has 43 valence electrons. The second-order valence-corrected chi connectivity index (χ2v) is 8.09. The predicted molar refractivity (Wildman–Crippen MR) is 32.0 cm³/mol. The van der Waals surface area contributed by atoms with Crippen molar-refractivity contribution in [3.63, 3.8) is 0 Å². The van der Waals surface area contributed by atoms with Crippen molar-refractivity contribution in [1.29, 1.82) is 0 Å². The van der Waals surface area contributed by atoms with Crippen molar-refractivity contribution >= 4 is 8.07 Å². The highest BCUT2D eigenvalue weighted by Crippen LogP contribution is 2.01. The molecule has 0 heterocycles. The average molecular weight is 118 g/mol. The summed E-state index contributed by atoms with van der Waals surface area (Å²) in [5, 5.41) is 10.4. The van der Waals surface area contributed by atoms with E-state index in [4.69, 9.17) is 5.73 Å². The lowest BCUT2D eigenvalue weighted by Crippen LogP contribution is -2.43. The highest BCUT2D eigenvalue weighted by atomic mass is 28.3. The van der Waals surface area contributed by atoms with Crippen LogP contribution < -0.4 is 5.73 Å². The molecule has 2 N–H and O–H groups in total. The first-order valence-corrected chi connectivity index (χ1v) is 5.94. The Balaban J connectivity index is 3.54. The van der Waals surface area contributed by atoms with Gasteiger partial charge < -0.3 is 5.73 Å². The van der Waals surface area contributed by atoms with Gasteiger partial charge in [0.2, 0.25) is 0 Å². The molecular weight excluding hydrogens is 106 g/mol. The number of rotatable bonds is 1. The molecule has 0 aromatic heterocycles. The van der Waals surface area contributed by atoms with Crippen LogP contribution >= 0.6 is 0 Å². The van der Waals surface area contributed by atoms with E-state index in [0.29, 0.717) is 0 Å². The lowest BCUT2D eigenvalue weighted by molar-refractivity contribution is 0.154. The van der Waals surface area contributed by atoms with Crippen molar-refractivity contribution in [2.24, 2.45) is 5.73 Å². The third kappa shape index (κ3) is 2.79. The van der Waals surface area contributed by atoms with E-state index in [0.717, 1.165) is 0 Å². The van der Waals surface area contributed by atoms with Gasteiger partial charge in [-0.3, -0.25) is 0 Å². The summed E-state index contributed by atoms with van der Waals surface area (Å²) in [6, 6.07) is 0. The van der Waals surface area contributed by atoms with Gasteiger partial charge in [0.05, 0.1) is 0 Å². The summed E-state index contributed by atoms with van der Waals surface area (Å²) in [4.78, 5) is 0. The molecule has 0 amide bonds. The molecule has 0 saturated heterocycles. The molecule has 7 heavy (non-hydrogen) atoms. The lowest BCUT2D eigenvalue weighted by atomic mass is 11.3. The first-order valence-electron chi connectivity index (χ1n) is 2.36. The minimum absolute atomic E-state index is 0.813. The molecule has 0 saturated carbocycles. The molecule has 0 fully saturated rings. The molecule has 0 rings (SSSR count). The summed E-state index contributed by atoms with van der Waals surface area (Å²) in [5.74, 6) is -0.813. The van der Waals surface area contributed by atoms with Crippen molar-refractivity contribution < 1.29 is 5.11 Å². The van der Waals surface area contributed by atoms with Gasteiger partial charge in [0, 0.05) is 0 Å². The second-order valence-electron chi connectivity index (χ2n) is 2.79. The van der Waals surface area contributed by atoms with Gasteiger partial charge in [0.15, 0.2) is 0 Å². The van der Waals surface area contributed by atoms with Gasteiger partial charge in [0.1, 0.15) is 13.9 Å². The molecule has 3 heteroatoms. The maximum Gasteiger partial charge on any atom is 0.127 e. The van der Waals surface area contributed by atoms with Gasteiger partial charge in [-0.05, 0) is 0 Å². The van der Waals surface area contributed by atoms with Crippen LogP contribution in [0, 0.1) is 0 Å². The molecule has 2 nitrogen and oxygen atoms in total. The highest BCUT2D eigenvalue weighted by molar-refractivity contribution is 6.77. The summed E-state index contributed by atoms with van der Waals surface area (Å²) in [5.41, 5.74) is 5.08. The fourth-order valence-electron chi connectivity index (χ4n) is 0. The Morgan fingerprint density at radius 3 is 1.57 bits per heavy atom. The zero-order chi connectivity index (χ0) is 6.08. The lowest BCUT2D eigenvalue weighted by Gasteiger charge is -2.15. The summed E-state index contributed by atoms with van der Waals surface area (Å²) in [7, 11) is -1.51. The molecule has 0 aliphatic heterocycles. The highest BCUT2D eigenvalue weighted by Gasteiger charge is 2.21. The van der Waals surface area contributed by atoms with Gasteiger partial charge >= 0.3 is 0 Å². The van der Waals surface area contributed by atoms with E-state index in [9.17, 15) is 5.11 Å². The minimum atomic E-state index is -1.51. The van der Waals surface area contributed by atoms with Crippen molar-refractivity contribution in [3.8, 4) is 0 Å². The van der Waals surface area contributed by atoms with Crippen LogP contribution in [0.4, 0.5) is 0 Å². The summed E-state index contributed by atoms with van der Waals surface area (Å²) in [6.45, 7) is 5.89. The molecule has 0 aliphatic rings. The van der Waals surface area contributed by atoms with Crippen LogP contribution in [0.25, 0.3) is 0 Å². The molecule has 0 bridgehead atoms. The Morgan fingerprint density at radius 1 is 1.43 bits per heavy atom. The van der Waals surface area contributed by atoms with Gasteiger partial charge in [-0.15, -0.1) is 0 Å². The Labute approximate surface area is 45.3 Å². The third-order valence-electron chi connectivity index (χ3n) is 0.854. The maximum atomic E-state index is 10.4. The van der Waals surface area contributed by atoms with Crippen LogP contribution in [0.15, 0.2) is 0 Å². The van der Waals surface area contributed by atoms with Crippen LogP contribution in [0.5, 0.6) is 0 Å². The van der Waals surface area contributed by atoms with Crippen LogP contribution in [-0.4, -0.2) is 13.9 Å².